The largest absolute Gasteiger partial charge is 0.307 e. The van der Waals surface area contributed by atoms with Crippen LogP contribution in [-0.2, 0) is 17.8 Å². The van der Waals surface area contributed by atoms with Gasteiger partial charge in [-0.05, 0) is 25.8 Å². The molecule has 1 N–H and O–H groups in total. The van der Waals surface area contributed by atoms with Crippen LogP contribution in [0.15, 0.2) is 6.33 Å². The Labute approximate surface area is 102 Å². The fourth-order valence-corrected chi connectivity index (χ4v) is 2.23. The van der Waals surface area contributed by atoms with Crippen molar-refractivity contribution in [1.82, 2.24) is 20.1 Å². The molecule has 94 valence electrons. The molecule has 5 nitrogen and oxygen atoms in total. The van der Waals surface area contributed by atoms with Crippen LogP contribution in [-0.4, -0.2) is 33.1 Å². The van der Waals surface area contributed by atoms with Gasteiger partial charge in [0.1, 0.15) is 12.2 Å². The molecular formula is C12H20N4O. The topological polar surface area (TPSA) is 59.8 Å². The summed E-state index contributed by atoms with van der Waals surface area (Å²) in [5.41, 5.74) is 0. The zero-order valence-corrected chi connectivity index (χ0v) is 10.4. The van der Waals surface area contributed by atoms with Crippen LogP contribution in [0.4, 0.5) is 0 Å². The molecule has 1 unspecified atom stereocenters. The molecule has 1 aliphatic heterocycles. The second kappa shape index (κ2) is 5.91. The molecule has 0 saturated carbocycles. The Morgan fingerprint density at radius 3 is 3.18 bits per heavy atom. The van der Waals surface area contributed by atoms with Crippen LogP contribution in [0, 0.1) is 0 Å². The number of nitrogens with one attached hydrogen (secondary N) is 1. The number of carbonyl (C=O) groups is 1. The minimum atomic E-state index is 0.0236. The molecule has 1 fully saturated rings. The first kappa shape index (κ1) is 12.2. The van der Waals surface area contributed by atoms with Crippen molar-refractivity contribution in [2.75, 3.05) is 6.54 Å². The van der Waals surface area contributed by atoms with Gasteiger partial charge in [-0.3, -0.25) is 4.79 Å². The molecule has 1 aromatic heterocycles. The molecule has 1 aromatic rings. The third-order valence-corrected chi connectivity index (χ3v) is 3.16. The standard InChI is InChI=1S/C12H20N4O/c1-2-7-16-12(14-9-15-16)8-11(17)10-5-3-4-6-13-10/h9-10,13H,2-8H2,1H3. The number of aromatic nitrogens is 3. The zero-order valence-electron chi connectivity index (χ0n) is 10.4. The summed E-state index contributed by atoms with van der Waals surface area (Å²) in [7, 11) is 0. The van der Waals surface area contributed by atoms with Gasteiger partial charge in [0.15, 0.2) is 5.78 Å². The van der Waals surface area contributed by atoms with Gasteiger partial charge in [0.05, 0.1) is 12.5 Å². The molecule has 5 heteroatoms. The maximum atomic E-state index is 12.1. The monoisotopic (exact) mass is 236 g/mol. The van der Waals surface area contributed by atoms with E-state index in [4.69, 9.17) is 0 Å². The van der Waals surface area contributed by atoms with Gasteiger partial charge in [0.25, 0.3) is 0 Å². The predicted molar refractivity (Wildman–Crippen MR) is 64.7 cm³/mol. The van der Waals surface area contributed by atoms with Gasteiger partial charge in [-0.15, -0.1) is 0 Å². The highest BCUT2D eigenvalue weighted by molar-refractivity contribution is 5.85. The number of Topliss-reactive ketones (excluding diaryl/α,β-unsaturated/α-hetero) is 1. The van der Waals surface area contributed by atoms with Crippen LogP contribution in [0.5, 0.6) is 0 Å². The van der Waals surface area contributed by atoms with Gasteiger partial charge in [-0.2, -0.15) is 5.10 Å². The van der Waals surface area contributed by atoms with Crippen molar-refractivity contribution in [2.45, 2.75) is 51.6 Å². The predicted octanol–water partition coefficient (Wildman–Crippen LogP) is 0.942. The SMILES string of the molecule is CCCn1ncnc1CC(=O)C1CCCCN1. The molecule has 0 bridgehead atoms. The van der Waals surface area contributed by atoms with E-state index in [1.165, 1.54) is 12.7 Å². The van der Waals surface area contributed by atoms with E-state index in [0.29, 0.717) is 6.42 Å². The Morgan fingerprint density at radius 2 is 2.47 bits per heavy atom. The number of hydrogen-bond acceptors (Lipinski definition) is 4. The van der Waals surface area contributed by atoms with Crippen LogP contribution in [0.3, 0.4) is 0 Å². The summed E-state index contributed by atoms with van der Waals surface area (Å²) in [6, 6.07) is 0.0236. The van der Waals surface area contributed by atoms with E-state index in [0.717, 1.165) is 38.2 Å². The average Bonchev–Trinajstić information content (AvgIpc) is 2.78. The number of ketones is 1. The normalized spacial score (nSPS) is 20.4. The number of aryl methyl sites for hydroxylation is 1. The van der Waals surface area contributed by atoms with Crippen molar-refractivity contribution < 1.29 is 4.79 Å². The Hall–Kier alpha value is -1.23. The Balaban J connectivity index is 1.94. The van der Waals surface area contributed by atoms with E-state index in [1.54, 1.807) is 0 Å². The van der Waals surface area contributed by atoms with Gasteiger partial charge >= 0.3 is 0 Å². The van der Waals surface area contributed by atoms with Crippen molar-refractivity contribution in [1.29, 1.82) is 0 Å². The van der Waals surface area contributed by atoms with Crippen molar-refractivity contribution in [2.24, 2.45) is 0 Å². The van der Waals surface area contributed by atoms with E-state index >= 15 is 0 Å². The molecular weight excluding hydrogens is 216 g/mol. The molecule has 0 spiro atoms. The third kappa shape index (κ3) is 3.12. The van der Waals surface area contributed by atoms with E-state index in [-0.39, 0.29) is 11.8 Å². The molecule has 1 aliphatic rings. The fourth-order valence-electron chi connectivity index (χ4n) is 2.23. The second-order valence-electron chi connectivity index (χ2n) is 4.54. The van der Waals surface area contributed by atoms with Crippen LogP contribution in [0.1, 0.15) is 38.4 Å². The maximum absolute atomic E-state index is 12.1. The smallest absolute Gasteiger partial charge is 0.157 e. The number of carbonyl (C=O) groups excluding carboxylic acids is 1. The molecule has 0 radical (unpaired) electrons. The number of piperidine rings is 1. The fraction of sp³-hybridized carbons (Fsp3) is 0.750. The van der Waals surface area contributed by atoms with Gasteiger partial charge in [-0.25, -0.2) is 9.67 Å². The number of nitrogens with zero attached hydrogens (tertiary/aromatic N) is 3. The summed E-state index contributed by atoms with van der Waals surface area (Å²) < 4.78 is 1.83. The van der Waals surface area contributed by atoms with Crippen molar-refractivity contribution in [3.8, 4) is 0 Å². The first-order valence-corrected chi connectivity index (χ1v) is 6.44. The Morgan fingerprint density at radius 1 is 1.59 bits per heavy atom. The van der Waals surface area contributed by atoms with Crippen LogP contribution < -0.4 is 5.32 Å². The van der Waals surface area contributed by atoms with Crippen LogP contribution in [0.2, 0.25) is 0 Å². The highest BCUT2D eigenvalue weighted by Gasteiger charge is 2.22. The lowest BCUT2D eigenvalue weighted by atomic mass is 9.99. The maximum Gasteiger partial charge on any atom is 0.157 e. The first-order chi connectivity index (χ1) is 8.31. The Bertz CT molecular complexity index is 368. The van der Waals surface area contributed by atoms with E-state index in [1.807, 2.05) is 4.68 Å². The summed E-state index contributed by atoms with van der Waals surface area (Å²) in [5, 5.41) is 7.41. The lowest BCUT2D eigenvalue weighted by Gasteiger charge is -2.21. The molecule has 0 amide bonds. The summed E-state index contributed by atoms with van der Waals surface area (Å²) in [5.74, 6) is 1.04. The van der Waals surface area contributed by atoms with E-state index in [2.05, 4.69) is 22.3 Å². The van der Waals surface area contributed by atoms with Gasteiger partial charge in [0, 0.05) is 6.54 Å². The molecule has 0 aromatic carbocycles. The summed E-state index contributed by atoms with van der Waals surface area (Å²) >= 11 is 0. The van der Waals surface area contributed by atoms with Gasteiger partial charge < -0.3 is 5.32 Å². The third-order valence-electron chi connectivity index (χ3n) is 3.16. The second-order valence-corrected chi connectivity index (χ2v) is 4.54. The molecule has 17 heavy (non-hydrogen) atoms. The number of rotatable bonds is 5. The summed E-state index contributed by atoms with van der Waals surface area (Å²) in [6.07, 6.45) is 6.22. The molecule has 2 heterocycles. The Kier molecular flexibility index (Phi) is 4.25. The number of hydrogen-bond donors (Lipinski definition) is 1. The molecule has 2 rings (SSSR count). The summed E-state index contributed by atoms with van der Waals surface area (Å²) in [6.45, 7) is 3.88. The van der Waals surface area contributed by atoms with Gasteiger partial charge in [-0.1, -0.05) is 13.3 Å². The lowest BCUT2D eigenvalue weighted by molar-refractivity contribution is -0.121. The van der Waals surface area contributed by atoms with Crippen LogP contribution >= 0.6 is 0 Å². The molecule has 0 aliphatic carbocycles. The van der Waals surface area contributed by atoms with Gasteiger partial charge in [0.2, 0.25) is 0 Å². The zero-order chi connectivity index (χ0) is 12.1. The molecule has 1 atom stereocenters. The summed E-state index contributed by atoms with van der Waals surface area (Å²) in [4.78, 5) is 16.3. The highest BCUT2D eigenvalue weighted by Crippen LogP contribution is 2.10. The minimum Gasteiger partial charge on any atom is -0.307 e. The van der Waals surface area contributed by atoms with Crippen LogP contribution in [0.25, 0.3) is 0 Å². The van der Waals surface area contributed by atoms with E-state index in [9.17, 15) is 4.79 Å². The average molecular weight is 236 g/mol. The molecule has 1 saturated heterocycles. The minimum absolute atomic E-state index is 0.0236. The van der Waals surface area contributed by atoms with E-state index < -0.39 is 0 Å². The lowest BCUT2D eigenvalue weighted by Crippen LogP contribution is -2.41. The van der Waals surface area contributed by atoms with Crippen molar-refractivity contribution >= 4 is 5.78 Å². The van der Waals surface area contributed by atoms with Crippen molar-refractivity contribution in [3.05, 3.63) is 12.2 Å². The highest BCUT2D eigenvalue weighted by atomic mass is 16.1. The quantitative estimate of drug-likeness (QED) is 0.826. The first-order valence-electron chi connectivity index (χ1n) is 6.44. The van der Waals surface area contributed by atoms with Crippen molar-refractivity contribution in [3.63, 3.8) is 0 Å².